The van der Waals surface area contributed by atoms with Gasteiger partial charge in [-0.3, -0.25) is 9.59 Å². The van der Waals surface area contributed by atoms with Gasteiger partial charge < -0.3 is 9.64 Å². The van der Waals surface area contributed by atoms with E-state index in [0.29, 0.717) is 17.5 Å². The number of fused-ring (bicyclic) bond motifs is 1. The molecule has 0 fully saturated rings. The van der Waals surface area contributed by atoms with Crippen LogP contribution < -0.4 is 4.72 Å². The molecule has 0 aliphatic carbocycles. The van der Waals surface area contributed by atoms with Gasteiger partial charge in [-0.25, -0.2) is 8.42 Å². The van der Waals surface area contributed by atoms with Gasteiger partial charge in [-0.1, -0.05) is 42.5 Å². The third-order valence-electron chi connectivity index (χ3n) is 5.63. The van der Waals surface area contributed by atoms with Crippen LogP contribution in [-0.2, 0) is 30.8 Å². The van der Waals surface area contributed by atoms with E-state index in [9.17, 15) is 18.0 Å². The zero-order valence-electron chi connectivity index (χ0n) is 19.6. The molecule has 0 spiro atoms. The summed E-state index contributed by atoms with van der Waals surface area (Å²) in [5, 5.41) is 10.7. The first-order valence-corrected chi connectivity index (χ1v) is 12.5. The molecule has 0 bridgehead atoms. The van der Waals surface area contributed by atoms with Crippen molar-refractivity contribution in [2.75, 3.05) is 20.7 Å². The number of hydrogen-bond donors (Lipinski definition) is 1. The van der Waals surface area contributed by atoms with E-state index in [1.807, 2.05) is 30.3 Å². The highest BCUT2D eigenvalue weighted by atomic mass is 32.2. The lowest BCUT2D eigenvalue weighted by molar-refractivity contribution is -0.141. The fourth-order valence-corrected chi connectivity index (χ4v) is 4.88. The second kappa shape index (κ2) is 11.6. The molecule has 1 N–H and O–H groups in total. The van der Waals surface area contributed by atoms with Crippen molar-refractivity contribution in [2.45, 2.75) is 30.2 Å². The Morgan fingerprint density at radius 1 is 1.06 bits per heavy atom. The number of methoxy groups -OCH3 is 1. The third-order valence-corrected chi connectivity index (χ3v) is 7.10. The van der Waals surface area contributed by atoms with Crippen LogP contribution >= 0.6 is 0 Å². The highest BCUT2D eigenvalue weighted by molar-refractivity contribution is 7.89. The zero-order valence-corrected chi connectivity index (χ0v) is 20.4. The Labute approximate surface area is 205 Å². The van der Waals surface area contributed by atoms with Crippen LogP contribution in [0.5, 0.6) is 0 Å². The van der Waals surface area contributed by atoms with Gasteiger partial charge in [0.25, 0.3) is 0 Å². The summed E-state index contributed by atoms with van der Waals surface area (Å²) >= 11 is 0. The van der Waals surface area contributed by atoms with Gasteiger partial charge in [-0.05, 0) is 53.4 Å². The maximum Gasteiger partial charge on any atom is 0.305 e. The van der Waals surface area contributed by atoms with Gasteiger partial charge in [0.15, 0.2) is 0 Å². The van der Waals surface area contributed by atoms with Crippen molar-refractivity contribution in [3.63, 3.8) is 0 Å². The summed E-state index contributed by atoms with van der Waals surface area (Å²) in [4.78, 5) is 26.1. The molecule has 0 saturated heterocycles. The number of hydrogen-bond acceptors (Lipinski definition) is 6. The van der Waals surface area contributed by atoms with Gasteiger partial charge in [0.05, 0.1) is 23.6 Å². The highest BCUT2D eigenvalue weighted by Crippen LogP contribution is 2.20. The van der Waals surface area contributed by atoms with Crippen LogP contribution in [0.2, 0.25) is 0 Å². The van der Waals surface area contributed by atoms with Gasteiger partial charge in [-0.15, -0.1) is 0 Å². The van der Waals surface area contributed by atoms with Crippen LogP contribution in [-0.4, -0.2) is 51.9 Å². The van der Waals surface area contributed by atoms with Gasteiger partial charge >= 0.3 is 5.97 Å². The molecule has 0 saturated carbocycles. The molecule has 3 aromatic carbocycles. The van der Waals surface area contributed by atoms with E-state index < -0.39 is 22.0 Å². The Morgan fingerprint density at radius 3 is 2.40 bits per heavy atom. The van der Waals surface area contributed by atoms with Crippen molar-refractivity contribution in [1.82, 2.24) is 9.62 Å². The minimum atomic E-state index is -4.02. The van der Waals surface area contributed by atoms with Crippen LogP contribution in [0.1, 0.15) is 24.0 Å². The zero-order chi connectivity index (χ0) is 25.4. The number of likely N-dealkylation sites (N-methyl/N-ethyl adjacent to an activating group) is 1. The molecule has 1 atom stereocenters. The number of ether oxygens (including phenoxy) is 1. The summed E-state index contributed by atoms with van der Waals surface area (Å²) < 4.78 is 33.7. The lowest BCUT2D eigenvalue weighted by atomic mass is 10.0. The van der Waals surface area contributed by atoms with E-state index in [2.05, 4.69) is 9.46 Å². The predicted molar refractivity (Wildman–Crippen MR) is 132 cm³/mol. The maximum absolute atomic E-state index is 13.3. The number of amides is 1. The fourth-order valence-electron chi connectivity index (χ4n) is 3.66. The molecule has 9 heteroatoms. The first kappa shape index (κ1) is 25.9. The average molecular weight is 494 g/mol. The Kier molecular flexibility index (Phi) is 8.58. The molecule has 8 nitrogen and oxygen atoms in total. The molecule has 0 radical (unpaired) electrons. The van der Waals surface area contributed by atoms with Crippen molar-refractivity contribution in [3.8, 4) is 6.07 Å². The molecule has 3 rings (SSSR count). The van der Waals surface area contributed by atoms with Crippen molar-refractivity contribution >= 4 is 32.7 Å². The predicted octanol–water partition coefficient (Wildman–Crippen LogP) is 3.01. The number of carbonyl (C=O) groups excluding carboxylic acids is 2. The summed E-state index contributed by atoms with van der Waals surface area (Å²) in [5.74, 6) is -0.805. The molecular formula is C26H27N3O5S. The SMILES string of the molecule is COC(=O)CCCN(C)C(=O)[C@H](Cc1ccc(C#N)cc1)NS(=O)(=O)c1ccc2ccccc2c1. The van der Waals surface area contributed by atoms with E-state index in [1.165, 1.54) is 18.1 Å². The molecule has 0 unspecified atom stereocenters. The van der Waals surface area contributed by atoms with E-state index in [-0.39, 0.29) is 30.3 Å². The van der Waals surface area contributed by atoms with Crippen molar-refractivity contribution < 1.29 is 22.7 Å². The lowest BCUT2D eigenvalue weighted by Gasteiger charge is -2.25. The van der Waals surface area contributed by atoms with Crippen LogP contribution in [0.25, 0.3) is 10.8 Å². The quantitative estimate of drug-likeness (QED) is 0.434. The van der Waals surface area contributed by atoms with Gasteiger partial charge in [0.2, 0.25) is 15.9 Å². The third kappa shape index (κ3) is 6.88. The minimum absolute atomic E-state index is 0.0576. The summed E-state index contributed by atoms with van der Waals surface area (Å²) in [5.41, 5.74) is 1.17. The van der Waals surface area contributed by atoms with Crippen LogP contribution in [0, 0.1) is 11.3 Å². The minimum Gasteiger partial charge on any atom is -0.469 e. The summed E-state index contributed by atoms with van der Waals surface area (Å²) in [6.07, 6.45) is 0.631. The van der Waals surface area contributed by atoms with Crippen molar-refractivity contribution in [2.24, 2.45) is 0 Å². The summed E-state index contributed by atoms with van der Waals surface area (Å²) in [7, 11) is -1.16. The molecule has 0 heterocycles. The van der Waals surface area contributed by atoms with Crippen molar-refractivity contribution in [3.05, 3.63) is 77.9 Å². The molecule has 0 aromatic heterocycles. The van der Waals surface area contributed by atoms with Crippen LogP contribution in [0.3, 0.4) is 0 Å². The number of rotatable bonds is 10. The number of nitrogens with zero attached hydrogens (tertiary/aromatic N) is 2. The number of sulfonamides is 1. The average Bonchev–Trinajstić information content (AvgIpc) is 2.87. The van der Waals surface area contributed by atoms with Gasteiger partial charge in [0.1, 0.15) is 6.04 Å². The van der Waals surface area contributed by atoms with Gasteiger partial charge in [-0.2, -0.15) is 9.98 Å². The molecule has 182 valence electrons. The first-order chi connectivity index (χ1) is 16.7. The number of carbonyl (C=O) groups is 2. The summed E-state index contributed by atoms with van der Waals surface area (Å²) in [6, 6.07) is 19.8. The lowest BCUT2D eigenvalue weighted by Crippen LogP contribution is -2.48. The molecular weight excluding hydrogens is 466 g/mol. The Balaban J connectivity index is 1.84. The van der Waals surface area contributed by atoms with E-state index in [0.717, 1.165) is 10.8 Å². The summed E-state index contributed by atoms with van der Waals surface area (Å²) in [6.45, 7) is 0.259. The fraction of sp³-hybridized carbons (Fsp3) is 0.269. The van der Waals surface area contributed by atoms with E-state index in [1.54, 1.807) is 43.4 Å². The van der Waals surface area contributed by atoms with Crippen LogP contribution in [0.15, 0.2) is 71.6 Å². The Hall–Kier alpha value is -3.74. The standard InChI is InChI=1S/C26H27N3O5S/c1-29(15-5-8-25(30)34-2)26(31)24(16-19-9-11-20(18-27)12-10-19)28-35(32,33)23-14-13-21-6-3-4-7-22(21)17-23/h3-4,6-7,9-14,17,24,28H,5,8,15-16H2,1-2H3/t24-/m0/s1. The van der Waals surface area contributed by atoms with E-state index in [4.69, 9.17) is 5.26 Å². The van der Waals surface area contributed by atoms with Crippen molar-refractivity contribution in [1.29, 1.82) is 5.26 Å². The normalized spacial score (nSPS) is 12.0. The monoisotopic (exact) mass is 493 g/mol. The van der Waals surface area contributed by atoms with Crippen LogP contribution in [0.4, 0.5) is 0 Å². The molecule has 35 heavy (non-hydrogen) atoms. The van der Waals surface area contributed by atoms with Gasteiger partial charge in [0, 0.05) is 20.0 Å². The molecule has 0 aliphatic heterocycles. The Morgan fingerprint density at radius 2 is 1.74 bits per heavy atom. The number of esters is 1. The second-order valence-electron chi connectivity index (χ2n) is 8.14. The van der Waals surface area contributed by atoms with E-state index >= 15 is 0 Å². The number of nitrogens with one attached hydrogen (secondary N) is 1. The topological polar surface area (TPSA) is 117 Å². The smallest absolute Gasteiger partial charge is 0.305 e. The maximum atomic E-state index is 13.3. The molecule has 1 amide bonds. The number of nitriles is 1. The highest BCUT2D eigenvalue weighted by Gasteiger charge is 2.28. The largest absolute Gasteiger partial charge is 0.469 e. The first-order valence-electron chi connectivity index (χ1n) is 11.1. The molecule has 3 aromatic rings. The Bertz CT molecular complexity index is 1350. The second-order valence-corrected chi connectivity index (χ2v) is 9.85. The molecule has 0 aliphatic rings. The number of benzene rings is 3.